The number of nitrogens with one attached hydrogen (secondary N) is 1. The van der Waals surface area contributed by atoms with Gasteiger partial charge in [-0.2, -0.15) is 0 Å². The van der Waals surface area contributed by atoms with E-state index in [9.17, 15) is 4.39 Å². The third kappa shape index (κ3) is 2.11. The Morgan fingerprint density at radius 1 is 1.24 bits per heavy atom. The number of halogens is 1. The molecule has 0 amide bonds. The van der Waals surface area contributed by atoms with Crippen LogP contribution < -0.4 is 5.32 Å². The standard InChI is InChI=1S/C15H20FN/c1-10(13-4-2-3-5-14(13)16)17-15-9-11-6-7-12(15)8-11/h2-5,10-12,15,17H,6-9H2,1H3. The summed E-state index contributed by atoms with van der Waals surface area (Å²) in [5, 5.41) is 3.63. The number of hydrogen-bond acceptors (Lipinski definition) is 1. The molecule has 4 unspecified atom stereocenters. The van der Waals surface area contributed by atoms with Crippen molar-refractivity contribution in [1.29, 1.82) is 0 Å². The summed E-state index contributed by atoms with van der Waals surface area (Å²) in [6.45, 7) is 2.07. The molecule has 0 aromatic heterocycles. The summed E-state index contributed by atoms with van der Waals surface area (Å²) >= 11 is 0. The fourth-order valence-corrected chi connectivity index (χ4v) is 3.69. The van der Waals surface area contributed by atoms with Crippen LogP contribution in [0.4, 0.5) is 4.39 Å². The van der Waals surface area contributed by atoms with E-state index in [2.05, 4.69) is 12.2 Å². The first-order valence-electron chi connectivity index (χ1n) is 6.74. The predicted molar refractivity (Wildman–Crippen MR) is 67.2 cm³/mol. The topological polar surface area (TPSA) is 12.0 Å². The van der Waals surface area contributed by atoms with Crippen LogP contribution >= 0.6 is 0 Å². The SMILES string of the molecule is CC(NC1CC2CCC1C2)c1ccccc1F. The monoisotopic (exact) mass is 233 g/mol. The zero-order chi connectivity index (χ0) is 11.8. The van der Waals surface area contributed by atoms with Crippen molar-refractivity contribution >= 4 is 0 Å². The highest BCUT2D eigenvalue weighted by Gasteiger charge is 2.39. The van der Waals surface area contributed by atoms with Crippen molar-refractivity contribution in [2.75, 3.05) is 0 Å². The molecule has 0 spiro atoms. The molecule has 0 aliphatic heterocycles. The van der Waals surface area contributed by atoms with Gasteiger partial charge in [-0.1, -0.05) is 24.6 Å². The summed E-state index contributed by atoms with van der Waals surface area (Å²) in [5.41, 5.74) is 0.801. The lowest BCUT2D eigenvalue weighted by molar-refractivity contribution is 0.324. The lowest BCUT2D eigenvalue weighted by atomic mass is 9.94. The average Bonchev–Trinajstić information content (AvgIpc) is 2.91. The van der Waals surface area contributed by atoms with Gasteiger partial charge in [0.25, 0.3) is 0 Å². The van der Waals surface area contributed by atoms with Crippen LogP contribution in [0.25, 0.3) is 0 Å². The van der Waals surface area contributed by atoms with Gasteiger partial charge in [-0.15, -0.1) is 0 Å². The molecule has 2 aliphatic rings. The maximum Gasteiger partial charge on any atom is 0.127 e. The number of benzene rings is 1. The van der Waals surface area contributed by atoms with E-state index in [1.54, 1.807) is 12.1 Å². The molecule has 2 heteroatoms. The molecule has 2 aliphatic carbocycles. The Bertz CT molecular complexity index is 404. The summed E-state index contributed by atoms with van der Waals surface area (Å²) in [4.78, 5) is 0. The van der Waals surface area contributed by atoms with Crippen LogP contribution in [0, 0.1) is 17.7 Å². The molecular formula is C15H20FN. The number of rotatable bonds is 3. The lowest BCUT2D eigenvalue weighted by Gasteiger charge is -2.27. The van der Waals surface area contributed by atoms with Crippen molar-refractivity contribution in [3.05, 3.63) is 35.6 Å². The average molecular weight is 233 g/mol. The first-order valence-corrected chi connectivity index (χ1v) is 6.74. The number of hydrogen-bond donors (Lipinski definition) is 1. The quantitative estimate of drug-likeness (QED) is 0.840. The first-order chi connectivity index (χ1) is 8.24. The molecule has 17 heavy (non-hydrogen) atoms. The highest BCUT2D eigenvalue weighted by atomic mass is 19.1. The van der Waals surface area contributed by atoms with E-state index in [0.29, 0.717) is 6.04 Å². The molecule has 0 heterocycles. The smallest absolute Gasteiger partial charge is 0.127 e. The molecule has 4 atom stereocenters. The minimum atomic E-state index is -0.0874. The minimum Gasteiger partial charge on any atom is -0.307 e. The molecule has 2 fully saturated rings. The Balaban J connectivity index is 1.68. The Labute approximate surface area is 102 Å². The van der Waals surface area contributed by atoms with Crippen molar-refractivity contribution < 1.29 is 4.39 Å². The van der Waals surface area contributed by atoms with Gasteiger partial charge < -0.3 is 5.32 Å². The van der Waals surface area contributed by atoms with Crippen molar-refractivity contribution in [1.82, 2.24) is 5.32 Å². The van der Waals surface area contributed by atoms with Crippen LogP contribution in [0.3, 0.4) is 0 Å². The van der Waals surface area contributed by atoms with Gasteiger partial charge in [0.1, 0.15) is 5.82 Å². The molecule has 3 rings (SSSR count). The summed E-state index contributed by atoms with van der Waals surface area (Å²) in [6.07, 6.45) is 5.47. The Morgan fingerprint density at radius 3 is 2.71 bits per heavy atom. The Morgan fingerprint density at radius 2 is 2.06 bits per heavy atom. The van der Waals surface area contributed by atoms with Crippen molar-refractivity contribution in [3.8, 4) is 0 Å². The van der Waals surface area contributed by atoms with E-state index < -0.39 is 0 Å². The van der Waals surface area contributed by atoms with Crippen molar-refractivity contribution in [2.45, 2.75) is 44.7 Å². The fraction of sp³-hybridized carbons (Fsp3) is 0.600. The molecule has 1 aromatic carbocycles. The van der Waals surface area contributed by atoms with E-state index in [4.69, 9.17) is 0 Å². The van der Waals surface area contributed by atoms with Gasteiger partial charge in [-0.25, -0.2) is 4.39 Å². The van der Waals surface area contributed by atoms with Gasteiger partial charge in [0.2, 0.25) is 0 Å². The molecule has 2 saturated carbocycles. The largest absolute Gasteiger partial charge is 0.307 e. The Kier molecular flexibility index (Phi) is 2.91. The molecule has 92 valence electrons. The molecule has 1 N–H and O–H groups in total. The number of fused-ring (bicyclic) bond motifs is 2. The third-order valence-electron chi connectivity index (χ3n) is 4.57. The third-order valence-corrected chi connectivity index (χ3v) is 4.57. The van der Waals surface area contributed by atoms with Crippen LogP contribution in [0.15, 0.2) is 24.3 Å². The van der Waals surface area contributed by atoms with E-state index in [1.807, 2.05) is 12.1 Å². The maximum atomic E-state index is 13.7. The second-order valence-corrected chi connectivity index (χ2v) is 5.69. The van der Waals surface area contributed by atoms with Crippen LogP contribution in [-0.2, 0) is 0 Å². The molecule has 1 aromatic rings. The molecule has 1 nitrogen and oxygen atoms in total. The van der Waals surface area contributed by atoms with E-state index in [-0.39, 0.29) is 11.9 Å². The molecule has 2 bridgehead atoms. The van der Waals surface area contributed by atoms with Gasteiger partial charge in [0.05, 0.1) is 0 Å². The van der Waals surface area contributed by atoms with Crippen LogP contribution in [0.5, 0.6) is 0 Å². The van der Waals surface area contributed by atoms with E-state index in [1.165, 1.54) is 25.7 Å². The summed E-state index contributed by atoms with van der Waals surface area (Å²) in [6, 6.07) is 7.85. The van der Waals surface area contributed by atoms with Crippen LogP contribution in [-0.4, -0.2) is 6.04 Å². The van der Waals surface area contributed by atoms with Gasteiger partial charge >= 0.3 is 0 Å². The molecule has 0 radical (unpaired) electrons. The summed E-state index contributed by atoms with van der Waals surface area (Å²) in [7, 11) is 0. The first kappa shape index (κ1) is 11.2. The minimum absolute atomic E-state index is 0.0874. The predicted octanol–water partition coefficient (Wildman–Crippen LogP) is 3.66. The summed E-state index contributed by atoms with van der Waals surface area (Å²) in [5.74, 6) is 1.69. The van der Waals surface area contributed by atoms with Gasteiger partial charge in [-0.05, 0) is 44.1 Å². The maximum absolute atomic E-state index is 13.7. The zero-order valence-corrected chi connectivity index (χ0v) is 10.3. The van der Waals surface area contributed by atoms with Crippen molar-refractivity contribution in [3.63, 3.8) is 0 Å². The van der Waals surface area contributed by atoms with E-state index >= 15 is 0 Å². The Hall–Kier alpha value is -0.890. The summed E-state index contributed by atoms with van der Waals surface area (Å²) < 4.78 is 13.7. The highest BCUT2D eigenvalue weighted by Crippen LogP contribution is 2.45. The molecule has 0 saturated heterocycles. The lowest BCUT2D eigenvalue weighted by Crippen LogP contribution is -2.36. The van der Waals surface area contributed by atoms with Gasteiger partial charge in [0.15, 0.2) is 0 Å². The fourth-order valence-electron chi connectivity index (χ4n) is 3.69. The second kappa shape index (κ2) is 4.41. The highest BCUT2D eigenvalue weighted by molar-refractivity contribution is 5.20. The van der Waals surface area contributed by atoms with Crippen LogP contribution in [0.1, 0.15) is 44.2 Å². The van der Waals surface area contributed by atoms with Gasteiger partial charge in [0, 0.05) is 17.6 Å². The van der Waals surface area contributed by atoms with E-state index in [0.717, 1.165) is 17.4 Å². The zero-order valence-electron chi connectivity index (χ0n) is 10.3. The van der Waals surface area contributed by atoms with Crippen LogP contribution in [0.2, 0.25) is 0 Å². The normalized spacial score (nSPS) is 32.9. The van der Waals surface area contributed by atoms with Crippen molar-refractivity contribution in [2.24, 2.45) is 11.8 Å². The second-order valence-electron chi connectivity index (χ2n) is 5.69. The molecular weight excluding hydrogens is 213 g/mol. The van der Waals surface area contributed by atoms with Gasteiger partial charge in [-0.3, -0.25) is 0 Å².